The van der Waals surface area contributed by atoms with Crippen LogP contribution in [0.15, 0.2) is 18.2 Å². The van der Waals surface area contributed by atoms with Crippen LogP contribution in [0.3, 0.4) is 0 Å². The van der Waals surface area contributed by atoms with E-state index in [0.29, 0.717) is 24.2 Å². The summed E-state index contributed by atoms with van der Waals surface area (Å²) < 4.78 is 4.61. The second-order valence-corrected chi connectivity index (χ2v) is 3.48. The number of benzene rings is 1. The van der Waals surface area contributed by atoms with Gasteiger partial charge in [-0.05, 0) is 18.2 Å². The Bertz CT molecular complexity index is 443. The van der Waals surface area contributed by atoms with Crippen molar-refractivity contribution in [2.75, 3.05) is 24.3 Å². The molecule has 0 unspecified atom stereocenters. The smallest absolute Gasteiger partial charge is 0.337 e. The van der Waals surface area contributed by atoms with Crippen LogP contribution in [0.1, 0.15) is 16.8 Å². The monoisotopic (exact) mass is 220 g/mol. The maximum Gasteiger partial charge on any atom is 0.337 e. The van der Waals surface area contributed by atoms with Crippen molar-refractivity contribution in [2.24, 2.45) is 0 Å². The Hall–Kier alpha value is -2.04. The fourth-order valence-electron chi connectivity index (χ4n) is 1.57. The van der Waals surface area contributed by atoms with Crippen LogP contribution in [-0.2, 0) is 9.53 Å². The lowest BCUT2D eigenvalue weighted by atomic mass is 10.1. The standard InChI is InChI=1S/C11H12N2O3/c1-16-11(15)7-2-3-8-9(6-7)13-10(14)4-5-12-8/h2-3,6,12H,4-5H2,1H3,(H,13,14). The first-order chi connectivity index (χ1) is 7.70. The molecular formula is C11H12N2O3. The van der Waals surface area contributed by atoms with Gasteiger partial charge in [0.05, 0.1) is 24.0 Å². The van der Waals surface area contributed by atoms with E-state index in [1.54, 1.807) is 18.2 Å². The summed E-state index contributed by atoms with van der Waals surface area (Å²) in [4.78, 5) is 22.6. The average molecular weight is 220 g/mol. The Kier molecular flexibility index (Phi) is 2.76. The molecule has 0 saturated heterocycles. The largest absolute Gasteiger partial charge is 0.465 e. The molecule has 0 fully saturated rings. The fraction of sp³-hybridized carbons (Fsp3) is 0.273. The van der Waals surface area contributed by atoms with Crippen molar-refractivity contribution in [1.82, 2.24) is 0 Å². The summed E-state index contributed by atoms with van der Waals surface area (Å²) in [6.07, 6.45) is 0.419. The summed E-state index contributed by atoms with van der Waals surface area (Å²) in [5, 5.41) is 5.84. The summed E-state index contributed by atoms with van der Waals surface area (Å²) >= 11 is 0. The predicted molar refractivity (Wildman–Crippen MR) is 59.5 cm³/mol. The molecule has 1 heterocycles. The van der Waals surface area contributed by atoms with Gasteiger partial charge in [0.25, 0.3) is 0 Å². The quantitative estimate of drug-likeness (QED) is 0.698. The summed E-state index contributed by atoms with van der Waals surface area (Å²) in [6.45, 7) is 0.594. The van der Waals surface area contributed by atoms with E-state index in [1.165, 1.54) is 7.11 Å². The van der Waals surface area contributed by atoms with Crippen LogP contribution in [0, 0.1) is 0 Å². The molecule has 16 heavy (non-hydrogen) atoms. The van der Waals surface area contributed by atoms with Gasteiger partial charge in [0.15, 0.2) is 0 Å². The highest BCUT2D eigenvalue weighted by atomic mass is 16.5. The van der Waals surface area contributed by atoms with E-state index >= 15 is 0 Å². The van der Waals surface area contributed by atoms with E-state index in [9.17, 15) is 9.59 Å². The molecule has 84 valence electrons. The molecule has 1 aliphatic heterocycles. The number of amides is 1. The number of carbonyl (C=O) groups excluding carboxylic acids is 2. The maximum absolute atomic E-state index is 11.3. The molecular weight excluding hydrogens is 208 g/mol. The lowest BCUT2D eigenvalue weighted by molar-refractivity contribution is -0.115. The number of hydrogen-bond donors (Lipinski definition) is 2. The van der Waals surface area contributed by atoms with E-state index in [-0.39, 0.29) is 5.91 Å². The number of nitrogens with one attached hydrogen (secondary N) is 2. The highest BCUT2D eigenvalue weighted by Gasteiger charge is 2.14. The third kappa shape index (κ3) is 1.98. The Morgan fingerprint density at radius 3 is 2.94 bits per heavy atom. The van der Waals surface area contributed by atoms with Crippen LogP contribution in [-0.4, -0.2) is 25.5 Å². The molecule has 0 atom stereocenters. The van der Waals surface area contributed by atoms with Gasteiger partial charge in [-0.25, -0.2) is 4.79 Å². The Morgan fingerprint density at radius 2 is 2.19 bits per heavy atom. The number of anilines is 2. The van der Waals surface area contributed by atoms with Gasteiger partial charge < -0.3 is 15.4 Å². The van der Waals surface area contributed by atoms with Crippen LogP contribution in [0.2, 0.25) is 0 Å². The second kappa shape index (κ2) is 4.22. The van der Waals surface area contributed by atoms with Gasteiger partial charge in [-0.1, -0.05) is 0 Å². The van der Waals surface area contributed by atoms with E-state index in [1.807, 2.05) is 0 Å². The van der Waals surface area contributed by atoms with E-state index < -0.39 is 5.97 Å². The third-order valence-corrected chi connectivity index (χ3v) is 2.38. The number of rotatable bonds is 1. The highest BCUT2D eigenvalue weighted by Crippen LogP contribution is 2.25. The first kappa shape index (κ1) is 10.5. The number of fused-ring (bicyclic) bond motifs is 1. The SMILES string of the molecule is COC(=O)c1ccc2c(c1)NC(=O)CCN2. The Balaban J connectivity index is 2.36. The summed E-state index contributed by atoms with van der Waals surface area (Å²) in [5.74, 6) is -0.477. The zero-order valence-electron chi connectivity index (χ0n) is 8.87. The molecule has 0 saturated carbocycles. The normalized spacial score (nSPS) is 14.2. The van der Waals surface area contributed by atoms with Gasteiger partial charge in [0.1, 0.15) is 0 Å². The van der Waals surface area contributed by atoms with E-state index in [4.69, 9.17) is 0 Å². The van der Waals surface area contributed by atoms with Crippen molar-refractivity contribution in [3.05, 3.63) is 23.8 Å². The summed E-state index contributed by atoms with van der Waals surface area (Å²) in [5.41, 5.74) is 1.86. The minimum absolute atomic E-state index is 0.0618. The number of carbonyl (C=O) groups is 2. The summed E-state index contributed by atoms with van der Waals surface area (Å²) in [7, 11) is 1.32. The van der Waals surface area contributed by atoms with Crippen LogP contribution in [0.5, 0.6) is 0 Å². The average Bonchev–Trinajstić information content (AvgIpc) is 2.47. The summed E-state index contributed by atoms with van der Waals surface area (Å²) in [6, 6.07) is 5.03. The molecule has 1 amide bonds. The Morgan fingerprint density at radius 1 is 1.38 bits per heavy atom. The molecule has 0 bridgehead atoms. The van der Waals surface area contributed by atoms with Gasteiger partial charge in [-0.15, -0.1) is 0 Å². The molecule has 5 nitrogen and oxygen atoms in total. The van der Waals surface area contributed by atoms with Gasteiger partial charge in [0.2, 0.25) is 5.91 Å². The van der Waals surface area contributed by atoms with Crippen LogP contribution < -0.4 is 10.6 Å². The molecule has 0 aromatic heterocycles. The van der Waals surface area contributed by atoms with Crippen molar-refractivity contribution in [2.45, 2.75) is 6.42 Å². The molecule has 0 spiro atoms. The van der Waals surface area contributed by atoms with E-state index in [0.717, 1.165) is 5.69 Å². The number of methoxy groups -OCH3 is 1. The van der Waals surface area contributed by atoms with Gasteiger partial charge in [0, 0.05) is 13.0 Å². The number of hydrogen-bond acceptors (Lipinski definition) is 4. The minimum atomic E-state index is -0.415. The lowest BCUT2D eigenvalue weighted by Crippen LogP contribution is -2.11. The Labute approximate surface area is 92.8 Å². The van der Waals surface area contributed by atoms with Crippen molar-refractivity contribution in [3.8, 4) is 0 Å². The van der Waals surface area contributed by atoms with Crippen molar-refractivity contribution >= 4 is 23.3 Å². The van der Waals surface area contributed by atoms with Gasteiger partial charge in [-0.3, -0.25) is 4.79 Å². The van der Waals surface area contributed by atoms with Crippen LogP contribution >= 0.6 is 0 Å². The van der Waals surface area contributed by atoms with Gasteiger partial charge >= 0.3 is 5.97 Å². The van der Waals surface area contributed by atoms with Crippen molar-refractivity contribution in [3.63, 3.8) is 0 Å². The fourth-order valence-corrected chi connectivity index (χ4v) is 1.57. The maximum atomic E-state index is 11.3. The van der Waals surface area contributed by atoms with E-state index in [2.05, 4.69) is 15.4 Å². The van der Waals surface area contributed by atoms with Gasteiger partial charge in [-0.2, -0.15) is 0 Å². The predicted octanol–water partition coefficient (Wildman–Crippen LogP) is 1.23. The zero-order valence-corrected chi connectivity index (χ0v) is 8.87. The second-order valence-electron chi connectivity index (χ2n) is 3.48. The van der Waals surface area contributed by atoms with Crippen molar-refractivity contribution < 1.29 is 14.3 Å². The number of esters is 1. The number of ether oxygens (including phenoxy) is 1. The van der Waals surface area contributed by atoms with Crippen LogP contribution in [0.4, 0.5) is 11.4 Å². The molecule has 0 radical (unpaired) electrons. The topological polar surface area (TPSA) is 67.4 Å². The molecule has 2 N–H and O–H groups in total. The molecule has 1 aliphatic rings. The van der Waals surface area contributed by atoms with Crippen molar-refractivity contribution in [1.29, 1.82) is 0 Å². The minimum Gasteiger partial charge on any atom is -0.465 e. The first-order valence-electron chi connectivity index (χ1n) is 4.97. The zero-order chi connectivity index (χ0) is 11.5. The molecule has 2 rings (SSSR count). The molecule has 5 heteroatoms. The first-order valence-corrected chi connectivity index (χ1v) is 4.97. The highest BCUT2D eigenvalue weighted by molar-refractivity contribution is 5.99. The van der Waals surface area contributed by atoms with Crippen LogP contribution in [0.25, 0.3) is 0 Å². The lowest BCUT2D eigenvalue weighted by Gasteiger charge is -2.08. The molecule has 1 aromatic rings. The third-order valence-electron chi connectivity index (χ3n) is 2.38. The molecule has 0 aliphatic carbocycles. The molecule has 1 aromatic carbocycles.